The van der Waals surface area contributed by atoms with Crippen LogP contribution in [0.4, 0.5) is 13.2 Å². The van der Waals surface area contributed by atoms with Gasteiger partial charge in [-0.3, -0.25) is 0 Å². The van der Waals surface area contributed by atoms with Crippen LogP contribution in [0.2, 0.25) is 0 Å². The number of nitrogens with two attached hydrogens (primary N) is 1. The van der Waals surface area contributed by atoms with E-state index >= 15 is 0 Å². The lowest BCUT2D eigenvalue weighted by Gasteiger charge is -2.12. The first kappa shape index (κ1) is 16.1. The Hall–Kier alpha value is -0.320. The number of nitrogens with zero attached hydrogens (tertiary/aromatic N) is 2. The van der Waals surface area contributed by atoms with Crippen LogP contribution in [0.5, 0.6) is 0 Å². The van der Waals surface area contributed by atoms with Crippen LogP contribution >= 0.6 is 47.8 Å². The van der Waals surface area contributed by atoms with Crippen LogP contribution < -0.4 is 10.6 Å². The molecule has 4 nitrogen and oxygen atoms in total. The summed E-state index contributed by atoms with van der Waals surface area (Å²) in [5.41, 5.74) is 5.59. The second-order valence-electron chi connectivity index (χ2n) is 3.70. The SMILES string of the molecule is NCCOn1c(C(F)(F)F)nc2c(Br)c(Br)cc(Br)c21. The standard InChI is InChI=1S/C10H7Br3F3N3O/c11-4-3-5(12)8-7(6(4)13)18-9(10(14,15)16)19(8)20-2-1-17/h3H,1-2,17H2. The summed E-state index contributed by atoms with van der Waals surface area (Å²) in [6.07, 6.45) is -4.64. The molecule has 20 heavy (non-hydrogen) atoms. The van der Waals surface area contributed by atoms with Crippen LogP contribution in [0.1, 0.15) is 5.82 Å². The molecule has 2 rings (SSSR count). The Labute approximate surface area is 136 Å². The van der Waals surface area contributed by atoms with Crippen molar-refractivity contribution in [3.8, 4) is 0 Å². The summed E-state index contributed by atoms with van der Waals surface area (Å²) in [6.45, 7) is 0.0287. The van der Waals surface area contributed by atoms with Gasteiger partial charge in [0.2, 0.25) is 0 Å². The largest absolute Gasteiger partial charge is 0.453 e. The second-order valence-corrected chi connectivity index (χ2v) is 6.20. The molecule has 0 radical (unpaired) electrons. The number of hydrogen-bond donors (Lipinski definition) is 1. The van der Waals surface area contributed by atoms with Crippen molar-refractivity contribution in [2.75, 3.05) is 13.2 Å². The maximum atomic E-state index is 13.0. The van der Waals surface area contributed by atoms with Gasteiger partial charge >= 0.3 is 6.18 Å². The van der Waals surface area contributed by atoms with Gasteiger partial charge in [-0.25, -0.2) is 4.98 Å². The predicted octanol–water partition coefficient (Wildman–Crippen LogP) is 3.73. The Balaban J connectivity index is 2.79. The third-order valence-electron chi connectivity index (χ3n) is 2.33. The molecule has 0 aliphatic heterocycles. The summed E-state index contributed by atoms with van der Waals surface area (Å²) in [7, 11) is 0. The molecule has 2 aromatic rings. The van der Waals surface area contributed by atoms with E-state index in [1.54, 1.807) is 6.07 Å². The van der Waals surface area contributed by atoms with E-state index in [-0.39, 0.29) is 24.2 Å². The first-order chi connectivity index (χ1) is 9.27. The van der Waals surface area contributed by atoms with Crippen molar-refractivity contribution < 1.29 is 18.0 Å². The number of imidazole rings is 1. The van der Waals surface area contributed by atoms with Crippen LogP contribution in [0.25, 0.3) is 11.0 Å². The van der Waals surface area contributed by atoms with Gasteiger partial charge in [0, 0.05) is 15.5 Å². The lowest BCUT2D eigenvalue weighted by molar-refractivity contribution is -0.154. The van der Waals surface area contributed by atoms with Crippen molar-refractivity contribution in [2.24, 2.45) is 5.73 Å². The minimum atomic E-state index is -4.64. The number of rotatable bonds is 3. The monoisotopic (exact) mass is 479 g/mol. The van der Waals surface area contributed by atoms with E-state index in [1.807, 2.05) is 0 Å². The average molecular weight is 482 g/mol. The molecule has 0 unspecified atom stereocenters. The molecule has 1 heterocycles. The fourth-order valence-corrected chi connectivity index (χ4v) is 3.27. The Morgan fingerprint density at radius 2 is 1.90 bits per heavy atom. The van der Waals surface area contributed by atoms with E-state index in [4.69, 9.17) is 10.6 Å². The Bertz CT molecular complexity index is 657. The number of alkyl halides is 3. The molecule has 1 aromatic carbocycles. The molecule has 2 N–H and O–H groups in total. The molecule has 0 aliphatic rings. The van der Waals surface area contributed by atoms with Gasteiger partial charge in [0.05, 0.1) is 4.47 Å². The summed E-state index contributed by atoms with van der Waals surface area (Å²) in [6, 6.07) is 1.61. The summed E-state index contributed by atoms with van der Waals surface area (Å²) in [5, 5.41) is 0. The summed E-state index contributed by atoms with van der Waals surface area (Å²) < 4.78 is 41.2. The quantitative estimate of drug-likeness (QED) is 0.680. The summed E-state index contributed by atoms with van der Waals surface area (Å²) >= 11 is 9.66. The predicted molar refractivity (Wildman–Crippen MR) is 78.3 cm³/mol. The number of hydrogen-bond acceptors (Lipinski definition) is 3. The van der Waals surface area contributed by atoms with E-state index in [1.165, 1.54) is 0 Å². The Kier molecular flexibility index (Phi) is 4.67. The highest BCUT2D eigenvalue weighted by Gasteiger charge is 2.39. The zero-order valence-electron chi connectivity index (χ0n) is 9.64. The topological polar surface area (TPSA) is 53.1 Å². The second kappa shape index (κ2) is 5.82. The minimum absolute atomic E-state index is 0.0609. The van der Waals surface area contributed by atoms with Crippen molar-refractivity contribution in [1.29, 1.82) is 0 Å². The van der Waals surface area contributed by atoms with E-state index in [9.17, 15) is 13.2 Å². The van der Waals surface area contributed by atoms with E-state index in [0.717, 1.165) is 0 Å². The van der Waals surface area contributed by atoms with Gasteiger partial charge in [-0.1, -0.05) is 0 Å². The van der Waals surface area contributed by atoms with E-state index in [0.29, 0.717) is 18.1 Å². The minimum Gasteiger partial charge on any atom is -0.410 e. The Morgan fingerprint density at radius 1 is 1.25 bits per heavy atom. The third kappa shape index (κ3) is 2.83. The van der Waals surface area contributed by atoms with Crippen LogP contribution in [0.15, 0.2) is 19.5 Å². The zero-order valence-corrected chi connectivity index (χ0v) is 14.4. The first-order valence-electron chi connectivity index (χ1n) is 5.24. The summed E-state index contributed by atoms with van der Waals surface area (Å²) in [4.78, 5) is 8.71. The molecule has 0 saturated carbocycles. The normalized spacial score (nSPS) is 12.2. The van der Waals surface area contributed by atoms with Crippen LogP contribution in [-0.4, -0.2) is 22.9 Å². The molecule has 0 fully saturated rings. The number of halogens is 6. The van der Waals surface area contributed by atoms with Crippen molar-refractivity contribution in [3.63, 3.8) is 0 Å². The molecule has 110 valence electrons. The van der Waals surface area contributed by atoms with Crippen molar-refractivity contribution >= 4 is 58.8 Å². The molecule has 0 amide bonds. The van der Waals surface area contributed by atoms with E-state index < -0.39 is 12.0 Å². The highest BCUT2D eigenvalue weighted by Crippen LogP contribution is 2.39. The molecule has 0 atom stereocenters. The van der Waals surface area contributed by atoms with Gasteiger partial charge in [-0.05, 0) is 53.9 Å². The lowest BCUT2D eigenvalue weighted by Crippen LogP contribution is -2.25. The van der Waals surface area contributed by atoms with E-state index in [2.05, 4.69) is 52.8 Å². The molecule has 10 heteroatoms. The van der Waals surface area contributed by atoms with Crippen LogP contribution in [-0.2, 0) is 6.18 Å². The fourth-order valence-electron chi connectivity index (χ4n) is 1.57. The average Bonchev–Trinajstić information content (AvgIpc) is 2.73. The molecule has 0 saturated heterocycles. The molecular weight excluding hydrogens is 475 g/mol. The van der Waals surface area contributed by atoms with Gasteiger partial charge < -0.3 is 10.6 Å². The molecule has 0 spiro atoms. The maximum Gasteiger partial charge on any atom is 0.453 e. The molecular formula is C10H7Br3F3N3O. The number of benzene rings is 1. The number of aromatic nitrogens is 2. The summed E-state index contributed by atoms with van der Waals surface area (Å²) in [5.74, 6) is -1.14. The van der Waals surface area contributed by atoms with Crippen molar-refractivity contribution in [3.05, 3.63) is 25.3 Å². The van der Waals surface area contributed by atoms with Crippen molar-refractivity contribution in [1.82, 2.24) is 9.71 Å². The third-order valence-corrected chi connectivity index (χ3v) is 4.89. The smallest absolute Gasteiger partial charge is 0.410 e. The zero-order chi connectivity index (χ0) is 15.1. The number of fused-ring (bicyclic) bond motifs is 1. The Morgan fingerprint density at radius 3 is 2.45 bits per heavy atom. The highest BCUT2D eigenvalue weighted by molar-refractivity contribution is 9.13. The van der Waals surface area contributed by atoms with Crippen molar-refractivity contribution in [2.45, 2.75) is 6.18 Å². The van der Waals surface area contributed by atoms with Gasteiger partial charge in [0.1, 0.15) is 17.6 Å². The maximum absolute atomic E-state index is 13.0. The van der Waals surface area contributed by atoms with Crippen LogP contribution in [0.3, 0.4) is 0 Å². The lowest BCUT2D eigenvalue weighted by atomic mass is 10.3. The van der Waals surface area contributed by atoms with Gasteiger partial charge in [0.25, 0.3) is 5.82 Å². The fraction of sp³-hybridized carbons (Fsp3) is 0.300. The van der Waals surface area contributed by atoms with Gasteiger partial charge in [-0.2, -0.15) is 17.9 Å². The molecule has 0 bridgehead atoms. The van der Waals surface area contributed by atoms with Gasteiger partial charge in [-0.15, -0.1) is 0 Å². The first-order valence-corrected chi connectivity index (χ1v) is 7.61. The molecule has 0 aliphatic carbocycles. The molecule has 1 aromatic heterocycles. The highest BCUT2D eigenvalue weighted by atomic mass is 79.9. The van der Waals surface area contributed by atoms with Gasteiger partial charge in [0.15, 0.2) is 0 Å². The van der Waals surface area contributed by atoms with Crippen LogP contribution in [0, 0.1) is 0 Å².